The molecule has 2 heterocycles. The van der Waals surface area contributed by atoms with Crippen LogP contribution in [0.3, 0.4) is 0 Å². The Kier molecular flexibility index (Phi) is 8.11. The molecule has 1 N–H and O–H groups in total. The number of amides is 1. The average molecular weight is 429 g/mol. The highest BCUT2D eigenvalue weighted by Gasteiger charge is 2.22. The number of benzene rings is 2. The number of H-pyrrole nitrogens is 1. The maximum absolute atomic E-state index is 11.4. The number of halogens is 1. The van der Waals surface area contributed by atoms with E-state index in [9.17, 15) is 4.79 Å². The van der Waals surface area contributed by atoms with Gasteiger partial charge in [0.1, 0.15) is 0 Å². The van der Waals surface area contributed by atoms with E-state index in [1.165, 1.54) is 22.2 Å². The molecule has 0 radical (unpaired) electrons. The molecule has 4 heteroatoms. The largest absolute Gasteiger partial charge is 0.357 e. The van der Waals surface area contributed by atoms with Gasteiger partial charge < -0.3 is 9.88 Å². The van der Waals surface area contributed by atoms with Crippen molar-refractivity contribution in [3.63, 3.8) is 0 Å². The van der Waals surface area contributed by atoms with Crippen LogP contribution in [0.15, 0.2) is 53.0 Å². The van der Waals surface area contributed by atoms with Gasteiger partial charge in [0.25, 0.3) is 0 Å². The van der Waals surface area contributed by atoms with Gasteiger partial charge in [0.15, 0.2) is 0 Å². The zero-order valence-electron chi connectivity index (χ0n) is 16.7. The van der Waals surface area contributed by atoms with Crippen molar-refractivity contribution in [2.45, 2.75) is 47.1 Å². The van der Waals surface area contributed by atoms with E-state index in [4.69, 9.17) is 0 Å². The zero-order valence-corrected chi connectivity index (χ0v) is 18.3. The van der Waals surface area contributed by atoms with Crippen LogP contribution < -0.4 is 0 Å². The first-order valence-electron chi connectivity index (χ1n) is 9.67. The SMILES string of the molecule is CC.CC(=O)N1CCc2[nH]c3c(Br)cccc3c2C1.CCc1ccccc1. The van der Waals surface area contributed by atoms with Crippen LogP contribution in [0.2, 0.25) is 0 Å². The quantitative estimate of drug-likeness (QED) is 0.498. The van der Waals surface area contributed by atoms with Gasteiger partial charge in [-0.1, -0.05) is 63.2 Å². The number of rotatable bonds is 1. The number of nitrogens with zero attached hydrogens (tertiary/aromatic N) is 1. The lowest BCUT2D eigenvalue weighted by molar-refractivity contribution is -0.129. The first-order chi connectivity index (χ1) is 13.1. The first-order valence-corrected chi connectivity index (χ1v) is 10.5. The number of carbonyl (C=O) groups is 1. The standard InChI is InChI=1S/C13H13BrN2O.C8H10.C2H6/c1-8(17)16-6-5-12-10(7-16)9-3-2-4-11(14)13(9)15-12;1-2-8-6-4-3-5-7-8;1-2/h2-4,15H,5-7H2,1H3;3-7H,2H2,1H3;1-2H3. The van der Waals surface area contributed by atoms with Crippen molar-refractivity contribution in [1.29, 1.82) is 0 Å². The molecule has 1 aliphatic rings. The van der Waals surface area contributed by atoms with Crippen LogP contribution in [-0.2, 0) is 24.2 Å². The molecule has 0 saturated heterocycles. The normalized spacial score (nSPS) is 12.4. The number of para-hydroxylation sites is 1. The molecule has 27 heavy (non-hydrogen) atoms. The average Bonchev–Trinajstić information content (AvgIpc) is 3.10. The first kappa shape index (κ1) is 21.2. The maximum Gasteiger partial charge on any atom is 0.219 e. The molecule has 0 atom stereocenters. The number of hydrogen-bond acceptors (Lipinski definition) is 1. The van der Waals surface area contributed by atoms with E-state index in [0.29, 0.717) is 0 Å². The fourth-order valence-electron chi connectivity index (χ4n) is 3.18. The second-order valence-electron chi connectivity index (χ2n) is 6.27. The summed E-state index contributed by atoms with van der Waals surface area (Å²) in [5.74, 6) is 0.153. The van der Waals surface area contributed by atoms with Gasteiger partial charge in [-0.05, 0) is 34.0 Å². The zero-order chi connectivity index (χ0) is 19.8. The Morgan fingerprint density at radius 3 is 2.41 bits per heavy atom. The topological polar surface area (TPSA) is 36.1 Å². The van der Waals surface area contributed by atoms with Crippen molar-refractivity contribution in [1.82, 2.24) is 9.88 Å². The van der Waals surface area contributed by atoms with Crippen molar-refractivity contribution < 1.29 is 4.79 Å². The van der Waals surface area contributed by atoms with Crippen molar-refractivity contribution in [2.75, 3.05) is 6.54 Å². The molecule has 1 amide bonds. The highest BCUT2D eigenvalue weighted by Crippen LogP contribution is 2.31. The van der Waals surface area contributed by atoms with Crippen LogP contribution in [0.1, 0.15) is 44.5 Å². The molecule has 144 valence electrons. The summed E-state index contributed by atoms with van der Waals surface area (Å²) in [5.41, 5.74) is 5.09. The van der Waals surface area contributed by atoms with Gasteiger partial charge in [-0.15, -0.1) is 0 Å². The van der Waals surface area contributed by atoms with Gasteiger partial charge >= 0.3 is 0 Å². The van der Waals surface area contributed by atoms with Crippen LogP contribution in [0, 0.1) is 0 Å². The lowest BCUT2D eigenvalue weighted by atomic mass is 10.0. The van der Waals surface area contributed by atoms with E-state index in [1.54, 1.807) is 6.92 Å². The number of hydrogen-bond donors (Lipinski definition) is 1. The molecule has 1 aliphatic heterocycles. The summed E-state index contributed by atoms with van der Waals surface area (Å²) >= 11 is 3.56. The summed E-state index contributed by atoms with van der Waals surface area (Å²) in [5, 5.41) is 1.22. The van der Waals surface area contributed by atoms with Crippen molar-refractivity contribution in [3.8, 4) is 0 Å². The van der Waals surface area contributed by atoms with Gasteiger partial charge in [0.05, 0.1) is 5.52 Å². The molecule has 0 aliphatic carbocycles. The van der Waals surface area contributed by atoms with E-state index < -0.39 is 0 Å². The van der Waals surface area contributed by atoms with Gasteiger partial charge in [0.2, 0.25) is 5.91 Å². The van der Waals surface area contributed by atoms with Gasteiger partial charge in [-0.25, -0.2) is 0 Å². The Hall–Kier alpha value is -2.07. The Morgan fingerprint density at radius 1 is 1.11 bits per heavy atom. The van der Waals surface area contributed by atoms with Crippen LogP contribution >= 0.6 is 15.9 Å². The third-order valence-corrected chi connectivity index (χ3v) is 5.32. The number of aromatic amines is 1. The predicted molar refractivity (Wildman–Crippen MR) is 118 cm³/mol. The Morgan fingerprint density at radius 2 is 1.81 bits per heavy atom. The van der Waals surface area contributed by atoms with Crippen LogP contribution in [0.4, 0.5) is 0 Å². The minimum absolute atomic E-state index is 0.153. The molecule has 0 unspecified atom stereocenters. The Bertz CT molecular complexity index is 871. The molecular formula is C23H29BrN2O. The molecule has 1 aromatic heterocycles. The van der Waals surface area contributed by atoms with Crippen LogP contribution in [-0.4, -0.2) is 22.3 Å². The molecule has 3 aromatic rings. The number of fused-ring (bicyclic) bond motifs is 3. The summed E-state index contributed by atoms with van der Waals surface area (Å²) in [6.45, 7) is 9.33. The third-order valence-electron chi connectivity index (χ3n) is 4.66. The maximum atomic E-state index is 11.4. The molecule has 0 saturated carbocycles. The van der Waals surface area contributed by atoms with Crippen LogP contribution in [0.25, 0.3) is 10.9 Å². The predicted octanol–water partition coefficient (Wildman–Crippen LogP) is 6.11. The minimum atomic E-state index is 0.153. The molecule has 3 nitrogen and oxygen atoms in total. The summed E-state index contributed by atoms with van der Waals surface area (Å²) in [4.78, 5) is 16.8. The van der Waals surface area contributed by atoms with Gasteiger partial charge in [0, 0.05) is 47.6 Å². The number of nitrogens with one attached hydrogen (secondary N) is 1. The van der Waals surface area contributed by atoms with E-state index in [0.717, 1.165) is 35.9 Å². The highest BCUT2D eigenvalue weighted by atomic mass is 79.9. The molecule has 0 spiro atoms. The molecule has 0 fully saturated rings. The Labute approximate surface area is 170 Å². The molecule has 2 aromatic carbocycles. The third kappa shape index (κ3) is 5.23. The number of carbonyl (C=O) groups excluding carboxylic acids is 1. The fourth-order valence-corrected chi connectivity index (χ4v) is 3.65. The smallest absolute Gasteiger partial charge is 0.219 e. The van der Waals surface area contributed by atoms with E-state index in [2.05, 4.69) is 58.2 Å². The Balaban J connectivity index is 0.000000220. The summed E-state index contributed by atoms with van der Waals surface area (Å²) in [6.07, 6.45) is 2.05. The summed E-state index contributed by atoms with van der Waals surface area (Å²) < 4.78 is 1.08. The van der Waals surface area contributed by atoms with Gasteiger partial charge in [-0.2, -0.15) is 0 Å². The van der Waals surface area contributed by atoms with Gasteiger partial charge in [-0.3, -0.25) is 4.79 Å². The molecule has 0 bridgehead atoms. The lowest BCUT2D eigenvalue weighted by Crippen LogP contribution is -2.33. The number of aromatic nitrogens is 1. The molecular weight excluding hydrogens is 400 g/mol. The summed E-state index contributed by atoms with van der Waals surface area (Å²) in [7, 11) is 0. The van der Waals surface area contributed by atoms with Crippen molar-refractivity contribution in [3.05, 3.63) is 69.8 Å². The number of aryl methyl sites for hydroxylation is 1. The monoisotopic (exact) mass is 428 g/mol. The van der Waals surface area contributed by atoms with Crippen molar-refractivity contribution in [2.24, 2.45) is 0 Å². The van der Waals surface area contributed by atoms with E-state index in [-0.39, 0.29) is 5.91 Å². The second-order valence-corrected chi connectivity index (χ2v) is 7.13. The lowest BCUT2D eigenvalue weighted by Gasteiger charge is -2.25. The van der Waals surface area contributed by atoms with E-state index >= 15 is 0 Å². The minimum Gasteiger partial charge on any atom is -0.357 e. The summed E-state index contributed by atoms with van der Waals surface area (Å²) in [6, 6.07) is 16.6. The van der Waals surface area contributed by atoms with Crippen molar-refractivity contribution >= 4 is 32.7 Å². The van der Waals surface area contributed by atoms with Crippen LogP contribution in [0.5, 0.6) is 0 Å². The fraction of sp³-hybridized carbons (Fsp3) is 0.348. The second kappa shape index (κ2) is 10.3. The highest BCUT2D eigenvalue weighted by molar-refractivity contribution is 9.10. The van der Waals surface area contributed by atoms with E-state index in [1.807, 2.05) is 36.9 Å². The molecule has 4 rings (SSSR count).